The monoisotopic (exact) mass is 242 g/mol. The number of carboxylic acid groups (broad SMARTS) is 1. The van der Waals surface area contributed by atoms with Gasteiger partial charge in [-0.05, 0) is 18.2 Å². The molecule has 4 nitrogen and oxygen atoms in total. The molecule has 1 aromatic carbocycles. The molecule has 1 N–H and O–H groups in total. The molecule has 5 heteroatoms. The third-order valence-corrected chi connectivity index (χ3v) is 1.90. The molecule has 0 aliphatic rings. The van der Waals surface area contributed by atoms with E-state index in [1.54, 1.807) is 0 Å². The molecule has 0 saturated carbocycles. The molecule has 0 fully saturated rings. The smallest absolute Gasteiger partial charge is 0.335 e. The molecule has 0 aromatic heterocycles. The third-order valence-electron chi connectivity index (χ3n) is 1.79. The number of hydrogen-bond acceptors (Lipinski definition) is 3. The topological polar surface area (TPSA) is 55.8 Å². The zero-order valence-corrected chi connectivity index (χ0v) is 9.45. The number of hydrogen-bond donors (Lipinski definition) is 1. The van der Waals surface area contributed by atoms with Crippen LogP contribution in [0.3, 0.4) is 0 Å². The number of methoxy groups -OCH3 is 1. The van der Waals surface area contributed by atoms with Crippen molar-refractivity contribution >= 4 is 17.6 Å². The van der Waals surface area contributed by atoms with Gasteiger partial charge in [0, 0.05) is 5.03 Å². The Balaban J connectivity index is 2.93. The molecule has 0 aliphatic heterocycles. The van der Waals surface area contributed by atoms with Gasteiger partial charge in [0.15, 0.2) is 11.5 Å². The largest absolute Gasteiger partial charge is 0.493 e. The summed E-state index contributed by atoms with van der Waals surface area (Å²) in [4.78, 5) is 10.7. The summed E-state index contributed by atoms with van der Waals surface area (Å²) < 4.78 is 10.3. The molecule has 0 radical (unpaired) electrons. The minimum absolute atomic E-state index is 0.133. The third kappa shape index (κ3) is 3.17. The number of carboxylic acids is 1. The first-order chi connectivity index (χ1) is 7.54. The molecule has 86 valence electrons. The van der Waals surface area contributed by atoms with Crippen molar-refractivity contribution in [1.82, 2.24) is 0 Å². The lowest BCUT2D eigenvalue weighted by Crippen LogP contribution is -2.01. The summed E-state index contributed by atoms with van der Waals surface area (Å²) in [6.45, 7) is 3.62. The van der Waals surface area contributed by atoms with Gasteiger partial charge in [-0.1, -0.05) is 18.2 Å². The summed E-state index contributed by atoms with van der Waals surface area (Å²) in [7, 11) is 1.43. The first-order valence-electron chi connectivity index (χ1n) is 4.42. The number of halogens is 1. The summed E-state index contributed by atoms with van der Waals surface area (Å²) in [5.74, 6) is -0.251. The van der Waals surface area contributed by atoms with Crippen molar-refractivity contribution < 1.29 is 19.4 Å². The highest BCUT2D eigenvalue weighted by Crippen LogP contribution is 2.28. The standard InChI is InChI=1S/C11H11ClO4/c1-7(12)6-16-9-4-3-8(11(13)14)5-10(9)15-2/h3-5H,1,6H2,2H3,(H,13,14). The van der Waals surface area contributed by atoms with Crippen molar-refractivity contribution in [1.29, 1.82) is 0 Å². The van der Waals surface area contributed by atoms with Crippen molar-refractivity contribution in [3.63, 3.8) is 0 Å². The number of aromatic carboxylic acids is 1. The molecule has 0 aliphatic carbocycles. The minimum Gasteiger partial charge on any atom is -0.493 e. The van der Waals surface area contributed by atoms with E-state index in [1.165, 1.54) is 25.3 Å². The maximum Gasteiger partial charge on any atom is 0.335 e. The van der Waals surface area contributed by atoms with E-state index >= 15 is 0 Å². The van der Waals surface area contributed by atoms with E-state index in [0.717, 1.165) is 0 Å². The van der Waals surface area contributed by atoms with Crippen LogP contribution in [0.4, 0.5) is 0 Å². The Kier molecular flexibility index (Phi) is 4.19. The Morgan fingerprint density at radius 3 is 2.69 bits per heavy atom. The lowest BCUT2D eigenvalue weighted by Gasteiger charge is -2.10. The maximum absolute atomic E-state index is 10.7. The van der Waals surface area contributed by atoms with Crippen molar-refractivity contribution in [2.45, 2.75) is 0 Å². The molecule has 0 amide bonds. The molecule has 16 heavy (non-hydrogen) atoms. The number of benzene rings is 1. The predicted molar refractivity (Wildman–Crippen MR) is 60.4 cm³/mol. The van der Waals surface area contributed by atoms with Crippen LogP contribution < -0.4 is 9.47 Å². The van der Waals surface area contributed by atoms with Crippen molar-refractivity contribution in [2.75, 3.05) is 13.7 Å². The van der Waals surface area contributed by atoms with Gasteiger partial charge >= 0.3 is 5.97 Å². The van der Waals surface area contributed by atoms with Crippen LogP contribution in [-0.2, 0) is 0 Å². The zero-order chi connectivity index (χ0) is 12.1. The molecule has 1 rings (SSSR count). The fourth-order valence-corrected chi connectivity index (χ4v) is 1.13. The Labute approximate surface area is 98.1 Å². The van der Waals surface area contributed by atoms with Crippen LogP contribution in [0.5, 0.6) is 11.5 Å². The number of rotatable bonds is 5. The van der Waals surface area contributed by atoms with Gasteiger partial charge in [0.25, 0.3) is 0 Å². The van der Waals surface area contributed by atoms with E-state index in [4.69, 9.17) is 26.2 Å². The van der Waals surface area contributed by atoms with Gasteiger partial charge in [-0.2, -0.15) is 0 Å². The summed E-state index contributed by atoms with van der Waals surface area (Å²) in [6.07, 6.45) is 0. The SMILES string of the molecule is C=C(Cl)COc1ccc(C(=O)O)cc1OC. The molecular weight excluding hydrogens is 232 g/mol. The van der Waals surface area contributed by atoms with Crippen LogP contribution >= 0.6 is 11.6 Å². The fourth-order valence-electron chi connectivity index (χ4n) is 1.08. The average molecular weight is 243 g/mol. The van der Waals surface area contributed by atoms with Gasteiger partial charge in [0.2, 0.25) is 0 Å². The zero-order valence-electron chi connectivity index (χ0n) is 8.70. The summed E-state index contributed by atoms with van der Waals surface area (Å²) in [6, 6.07) is 4.33. The van der Waals surface area contributed by atoms with Crippen molar-refractivity contribution in [3.05, 3.63) is 35.4 Å². The van der Waals surface area contributed by atoms with Crippen molar-refractivity contribution in [2.24, 2.45) is 0 Å². The van der Waals surface area contributed by atoms with Crippen LogP contribution in [-0.4, -0.2) is 24.8 Å². The Hall–Kier alpha value is -1.68. The highest BCUT2D eigenvalue weighted by atomic mass is 35.5. The molecule has 1 aromatic rings. The van der Waals surface area contributed by atoms with E-state index in [1.807, 2.05) is 0 Å². The Morgan fingerprint density at radius 1 is 1.50 bits per heavy atom. The average Bonchev–Trinajstić information content (AvgIpc) is 2.25. The highest BCUT2D eigenvalue weighted by molar-refractivity contribution is 6.29. The summed E-state index contributed by atoms with van der Waals surface area (Å²) in [5, 5.41) is 9.13. The van der Waals surface area contributed by atoms with Gasteiger partial charge in [-0.15, -0.1) is 0 Å². The molecule has 0 unspecified atom stereocenters. The van der Waals surface area contributed by atoms with Crippen LogP contribution in [0.1, 0.15) is 10.4 Å². The van der Waals surface area contributed by atoms with Crippen LogP contribution in [0.25, 0.3) is 0 Å². The highest BCUT2D eigenvalue weighted by Gasteiger charge is 2.09. The van der Waals surface area contributed by atoms with Gasteiger partial charge in [0.1, 0.15) is 6.61 Å². The molecule has 0 saturated heterocycles. The molecule has 0 bridgehead atoms. The Bertz CT molecular complexity index is 414. The van der Waals surface area contributed by atoms with Gasteiger partial charge in [-0.25, -0.2) is 4.79 Å². The second kappa shape index (κ2) is 5.42. The normalized spacial score (nSPS) is 9.62. The summed E-state index contributed by atoms with van der Waals surface area (Å²) >= 11 is 5.55. The van der Waals surface area contributed by atoms with Gasteiger partial charge in [-0.3, -0.25) is 0 Å². The maximum atomic E-state index is 10.7. The minimum atomic E-state index is -1.02. The second-order valence-corrected chi connectivity index (χ2v) is 3.51. The van der Waals surface area contributed by atoms with Crippen molar-refractivity contribution in [3.8, 4) is 11.5 Å². The lowest BCUT2D eigenvalue weighted by molar-refractivity contribution is 0.0696. The van der Waals surface area contributed by atoms with Gasteiger partial charge < -0.3 is 14.6 Å². The number of carbonyl (C=O) groups is 1. The van der Waals surface area contributed by atoms with Gasteiger partial charge in [0.05, 0.1) is 12.7 Å². The fraction of sp³-hybridized carbons (Fsp3) is 0.182. The second-order valence-electron chi connectivity index (χ2n) is 2.98. The molecule has 0 spiro atoms. The first-order valence-corrected chi connectivity index (χ1v) is 4.79. The first kappa shape index (κ1) is 12.4. The van der Waals surface area contributed by atoms with Crippen LogP contribution in [0.2, 0.25) is 0 Å². The molecular formula is C11H11ClO4. The molecule has 0 heterocycles. The van der Waals surface area contributed by atoms with E-state index in [-0.39, 0.29) is 12.2 Å². The van der Waals surface area contributed by atoms with Crippen LogP contribution in [0, 0.1) is 0 Å². The summed E-state index contributed by atoms with van der Waals surface area (Å²) in [5.41, 5.74) is 0.133. The lowest BCUT2D eigenvalue weighted by atomic mass is 10.2. The van der Waals surface area contributed by atoms with E-state index in [2.05, 4.69) is 6.58 Å². The Morgan fingerprint density at radius 2 is 2.19 bits per heavy atom. The number of ether oxygens (including phenoxy) is 2. The quantitative estimate of drug-likeness (QED) is 0.862. The molecule has 0 atom stereocenters. The van der Waals surface area contributed by atoms with E-state index in [9.17, 15) is 4.79 Å². The predicted octanol–water partition coefficient (Wildman–Crippen LogP) is 2.52. The van der Waals surface area contributed by atoms with E-state index < -0.39 is 5.97 Å². The van der Waals surface area contributed by atoms with E-state index in [0.29, 0.717) is 16.5 Å². The van der Waals surface area contributed by atoms with Crippen LogP contribution in [0.15, 0.2) is 29.8 Å².